The fourth-order valence-electron chi connectivity index (χ4n) is 3.18. The van der Waals surface area contributed by atoms with Gasteiger partial charge in [0.25, 0.3) is 0 Å². The first-order valence-electron chi connectivity index (χ1n) is 7.46. The van der Waals surface area contributed by atoms with Crippen molar-refractivity contribution >= 4 is 5.69 Å². The Kier molecular flexibility index (Phi) is 4.02. The summed E-state index contributed by atoms with van der Waals surface area (Å²) in [6.45, 7) is 1.83. The van der Waals surface area contributed by atoms with E-state index in [1.165, 1.54) is 12.0 Å². The van der Waals surface area contributed by atoms with Gasteiger partial charge < -0.3 is 10.1 Å². The Morgan fingerprint density at radius 1 is 1.42 bits per heavy atom. The van der Waals surface area contributed by atoms with Gasteiger partial charge >= 0.3 is 0 Å². The maximum atomic E-state index is 14.4. The minimum absolute atomic E-state index is 0.381. The molecule has 3 heteroatoms. The van der Waals surface area contributed by atoms with Crippen LogP contribution in [-0.4, -0.2) is 19.3 Å². The van der Waals surface area contributed by atoms with E-state index in [1.54, 1.807) is 0 Å². The number of anilines is 1. The molecule has 2 heterocycles. The van der Waals surface area contributed by atoms with Crippen LogP contribution in [0.1, 0.15) is 49.4 Å². The average molecular weight is 263 g/mol. The van der Waals surface area contributed by atoms with Crippen LogP contribution in [-0.2, 0) is 11.2 Å². The Hall–Kier alpha value is -1.09. The summed E-state index contributed by atoms with van der Waals surface area (Å²) in [7, 11) is 0. The van der Waals surface area contributed by atoms with E-state index in [2.05, 4.69) is 11.4 Å². The van der Waals surface area contributed by atoms with Crippen molar-refractivity contribution in [3.63, 3.8) is 0 Å². The highest BCUT2D eigenvalue weighted by atomic mass is 19.1. The van der Waals surface area contributed by atoms with Gasteiger partial charge in [0.1, 0.15) is 6.17 Å². The highest BCUT2D eigenvalue weighted by Crippen LogP contribution is 2.35. The summed E-state index contributed by atoms with van der Waals surface area (Å²) in [4.78, 5) is 0. The molecule has 3 rings (SSSR count). The van der Waals surface area contributed by atoms with E-state index in [0.717, 1.165) is 50.1 Å². The van der Waals surface area contributed by atoms with Gasteiger partial charge in [-0.05, 0) is 44.1 Å². The second-order valence-corrected chi connectivity index (χ2v) is 5.59. The van der Waals surface area contributed by atoms with Crippen LogP contribution in [0.25, 0.3) is 0 Å². The van der Waals surface area contributed by atoms with Gasteiger partial charge in [-0.25, -0.2) is 4.39 Å². The summed E-state index contributed by atoms with van der Waals surface area (Å²) in [5, 5.41) is 3.32. The molecule has 0 bridgehead atoms. The highest BCUT2D eigenvalue weighted by Gasteiger charge is 2.21. The van der Waals surface area contributed by atoms with E-state index in [1.807, 2.05) is 12.1 Å². The summed E-state index contributed by atoms with van der Waals surface area (Å²) in [5.41, 5.74) is 3.16. The van der Waals surface area contributed by atoms with Crippen molar-refractivity contribution in [1.82, 2.24) is 0 Å². The highest BCUT2D eigenvalue weighted by molar-refractivity contribution is 5.61. The fourth-order valence-corrected chi connectivity index (χ4v) is 3.18. The van der Waals surface area contributed by atoms with Gasteiger partial charge in [-0.2, -0.15) is 0 Å². The first-order valence-corrected chi connectivity index (χ1v) is 7.46. The molecule has 0 spiro atoms. The lowest BCUT2D eigenvalue weighted by Gasteiger charge is -2.14. The first kappa shape index (κ1) is 12.9. The number of para-hydroxylation sites is 1. The standard InChI is InChI=1S/C16H22FNO/c17-15(8-2-5-13-6-3-11-19-13)14-7-1-4-12-9-10-18-16(12)14/h1,4,7,13,15,18H,2-3,5-6,8-11H2. The van der Waals surface area contributed by atoms with Crippen molar-refractivity contribution in [3.05, 3.63) is 29.3 Å². The molecule has 1 aromatic rings. The van der Waals surface area contributed by atoms with Gasteiger partial charge in [0, 0.05) is 24.4 Å². The number of hydrogen-bond donors (Lipinski definition) is 1. The lowest BCUT2D eigenvalue weighted by molar-refractivity contribution is 0.0997. The number of nitrogens with one attached hydrogen (secondary N) is 1. The first-order chi connectivity index (χ1) is 9.34. The van der Waals surface area contributed by atoms with Crippen LogP contribution in [0.15, 0.2) is 18.2 Å². The van der Waals surface area contributed by atoms with E-state index in [9.17, 15) is 4.39 Å². The fraction of sp³-hybridized carbons (Fsp3) is 0.625. The van der Waals surface area contributed by atoms with E-state index in [-0.39, 0.29) is 0 Å². The van der Waals surface area contributed by atoms with Crippen LogP contribution in [0.5, 0.6) is 0 Å². The third-order valence-corrected chi connectivity index (χ3v) is 4.22. The van der Waals surface area contributed by atoms with Crippen molar-refractivity contribution in [2.24, 2.45) is 0 Å². The van der Waals surface area contributed by atoms with Crippen molar-refractivity contribution in [3.8, 4) is 0 Å². The zero-order valence-corrected chi connectivity index (χ0v) is 11.3. The molecule has 2 unspecified atom stereocenters. The monoisotopic (exact) mass is 263 g/mol. The van der Waals surface area contributed by atoms with E-state index in [4.69, 9.17) is 4.74 Å². The van der Waals surface area contributed by atoms with Crippen LogP contribution in [0, 0.1) is 0 Å². The van der Waals surface area contributed by atoms with Crippen LogP contribution < -0.4 is 5.32 Å². The summed E-state index contributed by atoms with van der Waals surface area (Å²) in [6.07, 6.45) is 5.40. The van der Waals surface area contributed by atoms with Crippen LogP contribution >= 0.6 is 0 Å². The Bertz CT molecular complexity index is 429. The number of halogens is 1. The summed E-state index contributed by atoms with van der Waals surface area (Å²) < 4.78 is 20.0. The molecule has 0 radical (unpaired) electrons. The van der Waals surface area contributed by atoms with E-state index < -0.39 is 6.17 Å². The van der Waals surface area contributed by atoms with Crippen molar-refractivity contribution in [2.75, 3.05) is 18.5 Å². The predicted molar refractivity (Wildman–Crippen MR) is 75.3 cm³/mol. The molecule has 0 aromatic heterocycles. The molecule has 0 saturated carbocycles. The van der Waals surface area contributed by atoms with Crippen molar-refractivity contribution < 1.29 is 9.13 Å². The van der Waals surface area contributed by atoms with Gasteiger partial charge in [-0.15, -0.1) is 0 Å². The Balaban J connectivity index is 1.55. The number of hydrogen-bond acceptors (Lipinski definition) is 2. The average Bonchev–Trinajstić information content (AvgIpc) is 3.08. The second kappa shape index (κ2) is 5.91. The van der Waals surface area contributed by atoms with Gasteiger partial charge in [0.2, 0.25) is 0 Å². The van der Waals surface area contributed by atoms with Crippen LogP contribution in [0.3, 0.4) is 0 Å². The summed E-state index contributed by atoms with van der Waals surface area (Å²) in [6, 6.07) is 6.00. The van der Waals surface area contributed by atoms with Gasteiger partial charge in [0.15, 0.2) is 0 Å². The zero-order chi connectivity index (χ0) is 13.1. The zero-order valence-electron chi connectivity index (χ0n) is 11.3. The molecule has 2 aliphatic heterocycles. The van der Waals surface area contributed by atoms with Crippen LogP contribution in [0.2, 0.25) is 0 Å². The van der Waals surface area contributed by atoms with Crippen LogP contribution in [0.4, 0.5) is 10.1 Å². The lowest BCUT2D eigenvalue weighted by Crippen LogP contribution is -2.05. The van der Waals surface area contributed by atoms with Gasteiger partial charge in [-0.3, -0.25) is 0 Å². The normalized spacial score (nSPS) is 23.1. The summed E-state index contributed by atoms with van der Waals surface area (Å²) in [5.74, 6) is 0. The quantitative estimate of drug-likeness (QED) is 0.866. The maximum Gasteiger partial charge on any atom is 0.127 e. The topological polar surface area (TPSA) is 21.3 Å². The molecular weight excluding hydrogens is 241 g/mol. The van der Waals surface area contributed by atoms with Crippen molar-refractivity contribution in [1.29, 1.82) is 0 Å². The third-order valence-electron chi connectivity index (χ3n) is 4.22. The largest absolute Gasteiger partial charge is 0.384 e. The molecule has 2 atom stereocenters. The number of fused-ring (bicyclic) bond motifs is 1. The van der Waals surface area contributed by atoms with E-state index in [0.29, 0.717) is 12.5 Å². The molecule has 1 fully saturated rings. The lowest BCUT2D eigenvalue weighted by atomic mass is 9.99. The minimum Gasteiger partial charge on any atom is -0.384 e. The number of alkyl halides is 1. The SMILES string of the molecule is FC(CCCC1CCCO1)c1cccc2c1NCC2. The van der Waals surface area contributed by atoms with Gasteiger partial charge in [-0.1, -0.05) is 18.2 Å². The van der Waals surface area contributed by atoms with Crippen molar-refractivity contribution in [2.45, 2.75) is 50.8 Å². The minimum atomic E-state index is -0.845. The van der Waals surface area contributed by atoms with E-state index >= 15 is 0 Å². The number of benzene rings is 1. The number of rotatable bonds is 5. The Morgan fingerprint density at radius 3 is 3.21 bits per heavy atom. The molecule has 1 saturated heterocycles. The molecule has 0 aliphatic carbocycles. The smallest absolute Gasteiger partial charge is 0.127 e. The molecule has 2 nitrogen and oxygen atoms in total. The molecule has 104 valence electrons. The second-order valence-electron chi connectivity index (χ2n) is 5.59. The molecule has 1 N–H and O–H groups in total. The predicted octanol–water partition coefficient (Wildman–Crippen LogP) is 4.01. The molecule has 19 heavy (non-hydrogen) atoms. The Labute approximate surface area is 114 Å². The Morgan fingerprint density at radius 2 is 2.37 bits per heavy atom. The molecule has 2 aliphatic rings. The maximum absolute atomic E-state index is 14.4. The molecular formula is C16H22FNO. The molecule has 0 amide bonds. The van der Waals surface area contributed by atoms with Gasteiger partial charge in [0.05, 0.1) is 6.10 Å². The third kappa shape index (κ3) is 2.92. The summed E-state index contributed by atoms with van der Waals surface area (Å²) >= 11 is 0. The molecule has 1 aromatic carbocycles. The number of ether oxygens (including phenoxy) is 1.